The van der Waals surface area contributed by atoms with Gasteiger partial charge in [0.2, 0.25) is 0 Å². The van der Waals surface area contributed by atoms with Crippen LogP contribution in [0, 0.1) is 5.92 Å². The molecule has 0 saturated heterocycles. The Bertz CT molecular complexity index is 405. The maximum Gasteiger partial charge on any atom is 0.251 e. The molecule has 2 rings (SSSR count). The average Bonchev–Trinajstić information content (AvgIpc) is 2.36. The van der Waals surface area contributed by atoms with Crippen molar-refractivity contribution in [3.05, 3.63) is 23.8 Å². The van der Waals surface area contributed by atoms with Gasteiger partial charge in [0.1, 0.15) is 0 Å². The Kier molecular flexibility index (Phi) is 4.07. The topological polar surface area (TPSA) is 81.1 Å². The summed E-state index contributed by atoms with van der Waals surface area (Å²) in [7, 11) is 0. The molecule has 1 aromatic carbocycles. The molecule has 1 aliphatic rings. The summed E-state index contributed by atoms with van der Waals surface area (Å²) >= 11 is 0. The van der Waals surface area contributed by atoms with Gasteiger partial charge in [-0.25, -0.2) is 0 Å². The Labute approximate surface area is 108 Å². The smallest absolute Gasteiger partial charge is 0.251 e. The maximum atomic E-state index is 12.0. The molecular weight excluding hydrogens is 226 g/mol. The molecule has 1 saturated carbocycles. The van der Waals surface area contributed by atoms with Crippen LogP contribution in [0.1, 0.15) is 42.5 Å². The summed E-state index contributed by atoms with van der Waals surface area (Å²) in [6, 6.07) is 4.97. The SMILES string of the molecule is Nc1cc(N)cc(C(=O)NCC2CCCCC2)c1. The van der Waals surface area contributed by atoms with Crippen LogP contribution in [0.4, 0.5) is 11.4 Å². The normalized spacial score (nSPS) is 16.4. The van der Waals surface area contributed by atoms with Crippen molar-refractivity contribution in [1.29, 1.82) is 0 Å². The molecule has 0 heterocycles. The molecule has 18 heavy (non-hydrogen) atoms. The molecule has 0 unspecified atom stereocenters. The summed E-state index contributed by atoms with van der Waals surface area (Å²) in [4.78, 5) is 12.0. The number of benzene rings is 1. The third kappa shape index (κ3) is 3.39. The molecule has 4 nitrogen and oxygen atoms in total. The number of hydrogen-bond acceptors (Lipinski definition) is 3. The van der Waals surface area contributed by atoms with Crippen LogP contribution in [-0.4, -0.2) is 12.5 Å². The van der Waals surface area contributed by atoms with Crippen LogP contribution in [0.3, 0.4) is 0 Å². The Morgan fingerprint density at radius 2 is 1.72 bits per heavy atom. The third-order valence-corrected chi connectivity index (χ3v) is 3.52. The van der Waals surface area contributed by atoms with Crippen molar-refractivity contribution in [3.63, 3.8) is 0 Å². The Morgan fingerprint density at radius 3 is 2.33 bits per heavy atom. The van der Waals surface area contributed by atoms with E-state index >= 15 is 0 Å². The van der Waals surface area contributed by atoms with Gasteiger partial charge in [0.25, 0.3) is 5.91 Å². The minimum absolute atomic E-state index is 0.0837. The summed E-state index contributed by atoms with van der Waals surface area (Å²) in [6.07, 6.45) is 6.34. The monoisotopic (exact) mass is 247 g/mol. The molecule has 98 valence electrons. The van der Waals surface area contributed by atoms with Gasteiger partial charge in [0, 0.05) is 23.5 Å². The van der Waals surface area contributed by atoms with E-state index in [0.29, 0.717) is 22.9 Å². The van der Waals surface area contributed by atoms with Gasteiger partial charge in [-0.15, -0.1) is 0 Å². The molecule has 1 amide bonds. The lowest BCUT2D eigenvalue weighted by Crippen LogP contribution is -2.30. The van der Waals surface area contributed by atoms with E-state index in [1.807, 2.05) is 0 Å². The molecule has 0 radical (unpaired) electrons. The number of anilines is 2. The van der Waals surface area contributed by atoms with E-state index in [1.165, 1.54) is 32.1 Å². The predicted octanol–water partition coefficient (Wildman–Crippen LogP) is 2.16. The molecule has 4 heteroatoms. The molecule has 1 aromatic rings. The van der Waals surface area contributed by atoms with Gasteiger partial charge < -0.3 is 16.8 Å². The van der Waals surface area contributed by atoms with E-state index in [1.54, 1.807) is 18.2 Å². The van der Waals surface area contributed by atoms with Crippen molar-refractivity contribution >= 4 is 17.3 Å². The summed E-state index contributed by atoms with van der Waals surface area (Å²) in [5.41, 5.74) is 12.9. The van der Waals surface area contributed by atoms with E-state index < -0.39 is 0 Å². The fraction of sp³-hybridized carbons (Fsp3) is 0.500. The number of hydrogen-bond donors (Lipinski definition) is 3. The van der Waals surface area contributed by atoms with E-state index in [2.05, 4.69) is 5.32 Å². The van der Waals surface area contributed by atoms with Crippen LogP contribution in [-0.2, 0) is 0 Å². The highest BCUT2D eigenvalue weighted by Crippen LogP contribution is 2.23. The number of rotatable bonds is 3. The van der Waals surface area contributed by atoms with Gasteiger partial charge in [-0.2, -0.15) is 0 Å². The second-order valence-electron chi connectivity index (χ2n) is 5.10. The van der Waals surface area contributed by atoms with Crippen LogP contribution < -0.4 is 16.8 Å². The third-order valence-electron chi connectivity index (χ3n) is 3.52. The van der Waals surface area contributed by atoms with Crippen molar-refractivity contribution in [2.75, 3.05) is 18.0 Å². The number of amides is 1. The minimum Gasteiger partial charge on any atom is -0.399 e. The van der Waals surface area contributed by atoms with Crippen molar-refractivity contribution in [1.82, 2.24) is 5.32 Å². The van der Waals surface area contributed by atoms with Crippen molar-refractivity contribution in [2.24, 2.45) is 5.92 Å². The highest BCUT2D eigenvalue weighted by atomic mass is 16.1. The minimum atomic E-state index is -0.0837. The Balaban J connectivity index is 1.90. The van der Waals surface area contributed by atoms with Crippen LogP contribution in [0.25, 0.3) is 0 Å². The van der Waals surface area contributed by atoms with Crippen molar-refractivity contribution in [3.8, 4) is 0 Å². The molecule has 0 spiro atoms. The predicted molar refractivity (Wildman–Crippen MR) is 74.2 cm³/mol. The molecule has 1 fully saturated rings. The average molecular weight is 247 g/mol. The molecular formula is C14H21N3O. The molecule has 0 atom stereocenters. The molecule has 1 aliphatic carbocycles. The van der Waals surface area contributed by atoms with Gasteiger partial charge in [0.05, 0.1) is 0 Å². The number of nitrogens with one attached hydrogen (secondary N) is 1. The van der Waals surface area contributed by atoms with Crippen LogP contribution in [0.2, 0.25) is 0 Å². The van der Waals surface area contributed by atoms with Gasteiger partial charge in [-0.1, -0.05) is 19.3 Å². The fourth-order valence-corrected chi connectivity index (χ4v) is 2.54. The zero-order chi connectivity index (χ0) is 13.0. The lowest BCUT2D eigenvalue weighted by Gasteiger charge is -2.21. The van der Waals surface area contributed by atoms with Crippen LogP contribution in [0.5, 0.6) is 0 Å². The molecule has 0 aliphatic heterocycles. The standard InChI is InChI=1S/C14H21N3O/c15-12-6-11(7-13(16)8-12)14(18)17-9-10-4-2-1-3-5-10/h6-8,10H,1-5,9,15-16H2,(H,17,18). The van der Waals surface area contributed by atoms with E-state index in [4.69, 9.17) is 11.5 Å². The van der Waals surface area contributed by atoms with Crippen LogP contribution in [0.15, 0.2) is 18.2 Å². The number of nitrogen functional groups attached to an aromatic ring is 2. The Morgan fingerprint density at radius 1 is 1.11 bits per heavy atom. The first-order valence-electron chi connectivity index (χ1n) is 6.59. The Hall–Kier alpha value is -1.71. The highest BCUT2D eigenvalue weighted by molar-refractivity contribution is 5.96. The maximum absolute atomic E-state index is 12.0. The largest absolute Gasteiger partial charge is 0.399 e. The van der Waals surface area contributed by atoms with Gasteiger partial charge in [0.15, 0.2) is 0 Å². The first-order chi connectivity index (χ1) is 8.65. The molecule has 0 bridgehead atoms. The number of nitrogens with two attached hydrogens (primary N) is 2. The first-order valence-corrected chi connectivity index (χ1v) is 6.59. The zero-order valence-electron chi connectivity index (χ0n) is 10.6. The van der Waals surface area contributed by atoms with Crippen molar-refractivity contribution in [2.45, 2.75) is 32.1 Å². The summed E-state index contributed by atoms with van der Waals surface area (Å²) in [6.45, 7) is 0.757. The van der Waals surface area contributed by atoms with Gasteiger partial charge >= 0.3 is 0 Å². The van der Waals surface area contributed by atoms with Crippen molar-refractivity contribution < 1.29 is 4.79 Å². The molecule has 5 N–H and O–H groups in total. The second kappa shape index (κ2) is 5.76. The number of carbonyl (C=O) groups is 1. The lowest BCUT2D eigenvalue weighted by molar-refractivity contribution is 0.0943. The summed E-state index contributed by atoms with van der Waals surface area (Å²) in [5.74, 6) is 0.542. The lowest BCUT2D eigenvalue weighted by atomic mass is 9.89. The van der Waals surface area contributed by atoms with E-state index in [0.717, 1.165) is 6.54 Å². The summed E-state index contributed by atoms with van der Waals surface area (Å²) < 4.78 is 0. The molecule has 0 aromatic heterocycles. The van der Waals surface area contributed by atoms with E-state index in [9.17, 15) is 4.79 Å². The van der Waals surface area contributed by atoms with Gasteiger partial charge in [-0.05, 0) is 37.0 Å². The summed E-state index contributed by atoms with van der Waals surface area (Å²) in [5, 5.41) is 2.97. The zero-order valence-corrected chi connectivity index (χ0v) is 10.6. The van der Waals surface area contributed by atoms with E-state index in [-0.39, 0.29) is 5.91 Å². The fourth-order valence-electron chi connectivity index (χ4n) is 2.54. The first kappa shape index (κ1) is 12.7. The quantitative estimate of drug-likeness (QED) is 0.716. The van der Waals surface area contributed by atoms with Gasteiger partial charge in [-0.3, -0.25) is 4.79 Å². The second-order valence-corrected chi connectivity index (χ2v) is 5.10. The van der Waals surface area contributed by atoms with Crippen LogP contribution >= 0.6 is 0 Å². The highest BCUT2D eigenvalue weighted by Gasteiger charge is 2.15. The number of carbonyl (C=O) groups excluding carboxylic acids is 1.